The van der Waals surface area contributed by atoms with Gasteiger partial charge in [-0.25, -0.2) is 4.79 Å². The summed E-state index contributed by atoms with van der Waals surface area (Å²) in [7, 11) is 0. The van der Waals surface area contributed by atoms with Crippen LogP contribution in [0.4, 0.5) is 10.5 Å². The number of benzene rings is 2. The first kappa shape index (κ1) is 20.8. The quantitative estimate of drug-likeness (QED) is 0.648. The number of anilines is 1. The Bertz CT molecular complexity index is 790. The van der Waals surface area contributed by atoms with Gasteiger partial charge in [-0.15, -0.1) is 0 Å². The Labute approximate surface area is 165 Å². The van der Waals surface area contributed by atoms with Crippen molar-refractivity contribution in [2.24, 2.45) is 5.92 Å². The molecule has 0 radical (unpaired) electrons. The summed E-state index contributed by atoms with van der Waals surface area (Å²) in [5.74, 6) is 0.0866. The molecule has 0 heterocycles. The molecule has 0 aliphatic carbocycles. The highest BCUT2D eigenvalue weighted by Crippen LogP contribution is 2.23. The van der Waals surface area contributed by atoms with Gasteiger partial charge in [-0.05, 0) is 48.2 Å². The zero-order valence-corrected chi connectivity index (χ0v) is 16.8. The highest BCUT2D eigenvalue weighted by Gasteiger charge is 2.19. The number of hydrogen-bond donors (Lipinski definition) is 3. The monoisotopic (exact) mass is 387 g/mol. The van der Waals surface area contributed by atoms with E-state index < -0.39 is 0 Å². The molecule has 2 aromatic carbocycles. The summed E-state index contributed by atoms with van der Waals surface area (Å²) in [6.45, 7) is 7.48. The first-order valence-corrected chi connectivity index (χ1v) is 9.34. The fourth-order valence-corrected chi connectivity index (χ4v) is 2.98. The Balaban J connectivity index is 2.04. The Morgan fingerprint density at radius 1 is 0.926 bits per heavy atom. The summed E-state index contributed by atoms with van der Waals surface area (Å²) in [6, 6.07) is 14.3. The van der Waals surface area contributed by atoms with Gasteiger partial charge >= 0.3 is 6.03 Å². The number of urea groups is 1. The van der Waals surface area contributed by atoms with Crippen molar-refractivity contribution >= 4 is 29.2 Å². The molecule has 3 amide bonds. The van der Waals surface area contributed by atoms with Crippen molar-refractivity contribution in [3.05, 3.63) is 64.7 Å². The summed E-state index contributed by atoms with van der Waals surface area (Å²) < 4.78 is 0. The van der Waals surface area contributed by atoms with Crippen molar-refractivity contribution in [3.8, 4) is 0 Å². The molecule has 27 heavy (non-hydrogen) atoms. The molecular formula is C21H26ClN3O2. The summed E-state index contributed by atoms with van der Waals surface area (Å²) in [6.07, 6.45) is 0. The first-order chi connectivity index (χ1) is 12.8. The zero-order valence-electron chi connectivity index (χ0n) is 16.0. The molecule has 0 fully saturated rings. The molecule has 3 N–H and O–H groups in total. The number of carbonyl (C=O) groups excluding carboxylic acids is 2. The average Bonchev–Trinajstić information content (AvgIpc) is 2.60. The average molecular weight is 388 g/mol. The summed E-state index contributed by atoms with van der Waals surface area (Å²) >= 11 is 5.96. The molecule has 0 spiro atoms. The minimum Gasteiger partial charge on any atom is -0.332 e. The lowest BCUT2D eigenvalue weighted by Gasteiger charge is -2.25. The molecule has 2 aromatic rings. The van der Waals surface area contributed by atoms with Crippen LogP contribution < -0.4 is 16.0 Å². The van der Waals surface area contributed by atoms with Crippen LogP contribution in [0.2, 0.25) is 5.02 Å². The third kappa shape index (κ3) is 6.29. The van der Waals surface area contributed by atoms with Crippen molar-refractivity contribution in [1.29, 1.82) is 0 Å². The molecule has 2 rings (SSSR count). The standard InChI is InChI=1S/C21H26ClN3O2/c1-13(2)20(16-8-10-18(22)11-9-16)25-21(27)23-14(3)17-6-5-7-19(12-17)24-15(4)26/h5-14,20H,1-4H3,(H,24,26)(H2,23,25,27)/t14-,20+/m1/s1. The number of carbonyl (C=O) groups is 2. The Hall–Kier alpha value is -2.53. The van der Waals surface area contributed by atoms with E-state index in [1.165, 1.54) is 6.92 Å². The van der Waals surface area contributed by atoms with E-state index in [9.17, 15) is 9.59 Å². The second-order valence-electron chi connectivity index (χ2n) is 6.92. The minimum absolute atomic E-state index is 0.125. The minimum atomic E-state index is -0.249. The van der Waals surface area contributed by atoms with Gasteiger partial charge in [0.2, 0.25) is 5.91 Å². The third-order valence-corrected chi connectivity index (χ3v) is 4.49. The smallest absolute Gasteiger partial charge is 0.315 e. The lowest BCUT2D eigenvalue weighted by Crippen LogP contribution is -2.40. The van der Waals surface area contributed by atoms with E-state index >= 15 is 0 Å². The molecule has 0 bridgehead atoms. The van der Waals surface area contributed by atoms with Gasteiger partial charge in [0.1, 0.15) is 0 Å². The molecule has 0 aromatic heterocycles. The van der Waals surface area contributed by atoms with Crippen molar-refractivity contribution in [1.82, 2.24) is 10.6 Å². The van der Waals surface area contributed by atoms with Crippen LogP contribution in [0.3, 0.4) is 0 Å². The Morgan fingerprint density at radius 3 is 2.19 bits per heavy atom. The molecule has 2 atom stereocenters. The van der Waals surface area contributed by atoms with Crippen LogP contribution in [0.1, 0.15) is 50.9 Å². The van der Waals surface area contributed by atoms with E-state index in [0.717, 1.165) is 11.1 Å². The molecule has 0 saturated heterocycles. The summed E-state index contributed by atoms with van der Waals surface area (Å²) in [4.78, 5) is 23.7. The van der Waals surface area contributed by atoms with E-state index in [-0.39, 0.29) is 29.9 Å². The molecular weight excluding hydrogens is 362 g/mol. The maximum Gasteiger partial charge on any atom is 0.315 e. The zero-order chi connectivity index (χ0) is 20.0. The normalized spacial score (nSPS) is 13.0. The summed E-state index contributed by atoms with van der Waals surface area (Å²) in [5, 5.41) is 9.40. The molecule has 0 aliphatic heterocycles. The van der Waals surface area contributed by atoms with Gasteiger partial charge in [0.25, 0.3) is 0 Å². The molecule has 6 heteroatoms. The first-order valence-electron chi connectivity index (χ1n) is 8.96. The van der Waals surface area contributed by atoms with E-state index in [1.807, 2.05) is 55.5 Å². The molecule has 0 aliphatic rings. The van der Waals surface area contributed by atoms with Crippen molar-refractivity contribution < 1.29 is 9.59 Å². The van der Waals surface area contributed by atoms with Gasteiger partial charge in [0, 0.05) is 17.6 Å². The van der Waals surface area contributed by atoms with E-state index in [1.54, 1.807) is 0 Å². The molecule has 5 nitrogen and oxygen atoms in total. The predicted molar refractivity (Wildman–Crippen MR) is 110 cm³/mol. The van der Waals surface area contributed by atoms with Crippen LogP contribution in [0, 0.1) is 5.92 Å². The van der Waals surface area contributed by atoms with Crippen molar-refractivity contribution in [2.45, 2.75) is 39.8 Å². The van der Waals surface area contributed by atoms with Crippen LogP contribution in [0.5, 0.6) is 0 Å². The lowest BCUT2D eigenvalue weighted by atomic mass is 9.96. The van der Waals surface area contributed by atoms with Crippen molar-refractivity contribution in [3.63, 3.8) is 0 Å². The van der Waals surface area contributed by atoms with Gasteiger partial charge in [0.15, 0.2) is 0 Å². The molecule has 0 saturated carbocycles. The third-order valence-electron chi connectivity index (χ3n) is 4.24. The second kappa shape index (κ2) is 9.42. The predicted octanol–water partition coefficient (Wildman–Crippen LogP) is 5.06. The number of halogens is 1. The van der Waals surface area contributed by atoms with E-state index in [2.05, 4.69) is 29.8 Å². The lowest BCUT2D eigenvalue weighted by molar-refractivity contribution is -0.114. The highest BCUT2D eigenvalue weighted by molar-refractivity contribution is 6.30. The van der Waals surface area contributed by atoms with Crippen LogP contribution in [-0.4, -0.2) is 11.9 Å². The van der Waals surface area contributed by atoms with Gasteiger partial charge in [-0.2, -0.15) is 0 Å². The van der Waals surface area contributed by atoms with Crippen LogP contribution in [-0.2, 0) is 4.79 Å². The van der Waals surface area contributed by atoms with E-state index in [4.69, 9.17) is 11.6 Å². The molecule has 144 valence electrons. The van der Waals surface area contributed by atoms with Gasteiger partial charge < -0.3 is 16.0 Å². The fraction of sp³-hybridized carbons (Fsp3) is 0.333. The van der Waals surface area contributed by atoms with E-state index in [0.29, 0.717) is 10.7 Å². The Morgan fingerprint density at radius 2 is 1.59 bits per heavy atom. The van der Waals surface area contributed by atoms with Gasteiger partial charge in [-0.3, -0.25) is 4.79 Å². The maximum absolute atomic E-state index is 12.5. The maximum atomic E-state index is 12.5. The fourth-order valence-electron chi connectivity index (χ4n) is 2.86. The van der Waals surface area contributed by atoms with Crippen LogP contribution in [0.25, 0.3) is 0 Å². The molecule has 0 unspecified atom stereocenters. The van der Waals surface area contributed by atoms with Crippen LogP contribution >= 0.6 is 11.6 Å². The SMILES string of the molecule is CC(=O)Nc1cccc([C@@H](C)NC(=O)N[C@H](c2ccc(Cl)cc2)C(C)C)c1. The number of rotatable bonds is 6. The number of amides is 3. The second-order valence-corrected chi connectivity index (χ2v) is 7.36. The van der Waals surface area contributed by atoms with Crippen molar-refractivity contribution in [2.75, 3.05) is 5.32 Å². The number of nitrogens with one attached hydrogen (secondary N) is 3. The van der Waals surface area contributed by atoms with Crippen LogP contribution in [0.15, 0.2) is 48.5 Å². The highest BCUT2D eigenvalue weighted by atomic mass is 35.5. The number of hydrogen-bond acceptors (Lipinski definition) is 2. The topological polar surface area (TPSA) is 70.2 Å². The summed E-state index contributed by atoms with van der Waals surface area (Å²) in [5.41, 5.74) is 2.61. The largest absolute Gasteiger partial charge is 0.332 e. The van der Waals surface area contributed by atoms with Gasteiger partial charge in [-0.1, -0.05) is 49.7 Å². The van der Waals surface area contributed by atoms with Gasteiger partial charge in [0.05, 0.1) is 12.1 Å². The Kier molecular flexibility index (Phi) is 7.25.